The Bertz CT molecular complexity index is 1120. The molecule has 2 heterocycles. The molecule has 0 radical (unpaired) electrons. The third kappa shape index (κ3) is 3.63. The van der Waals surface area contributed by atoms with Crippen LogP contribution in [0.2, 0.25) is 0 Å². The minimum absolute atomic E-state index is 0.0428. The summed E-state index contributed by atoms with van der Waals surface area (Å²) in [6, 6.07) is 1.99. The first-order valence-electron chi connectivity index (χ1n) is 7.94. The fourth-order valence-electron chi connectivity index (χ4n) is 2.59. The van der Waals surface area contributed by atoms with Crippen LogP contribution in [0, 0.1) is 6.92 Å². The van der Waals surface area contributed by atoms with E-state index >= 15 is 0 Å². The molecule has 0 saturated carbocycles. The summed E-state index contributed by atoms with van der Waals surface area (Å²) in [6.45, 7) is 1.20. The average molecular weight is 393 g/mol. The molecule has 0 atom stereocenters. The number of halogens is 3. The summed E-state index contributed by atoms with van der Waals surface area (Å²) in [4.78, 5) is 34.7. The summed E-state index contributed by atoms with van der Waals surface area (Å²) in [6.07, 6.45) is -2.59. The molecule has 0 fully saturated rings. The molecule has 1 aromatic carbocycles. The lowest BCUT2D eigenvalue weighted by Crippen LogP contribution is -2.22. The van der Waals surface area contributed by atoms with Gasteiger partial charge in [0.2, 0.25) is 5.95 Å². The summed E-state index contributed by atoms with van der Waals surface area (Å²) >= 11 is 0. The molecule has 0 unspecified atom stereocenters. The zero-order valence-electron chi connectivity index (χ0n) is 14.7. The molecule has 0 spiro atoms. The van der Waals surface area contributed by atoms with Crippen LogP contribution in [-0.4, -0.2) is 30.6 Å². The number of carbonyl (C=O) groups is 1. The number of aromatic carboxylic acids is 1. The number of aryl methyl sites for hydroxylation is 1. The van der Waals surface area contributed by atoms with Gasteiger partial charge in [-0.3, -0.25) is 9.36 Å². The molecule has 0 saturated heterocycles. The van der Waals surface area contributed by atoms with Gasteiger partial charge in [0, 0.05) is 26.0 Å². The van der Waals surface area contributed by atoms with Gasteiger partial charge in [-0.05, 0) is 24.6 Å². The van der Waals surface area contributed by atoms with E-state index in [4.69, 9.17) is 5.11 Å². The molecule has 0 amide bonds. The molecule has 28 heavy (non-hydrogen) atoms. The van der Waals surface area contributed by atoms with E-state index in [9.17, 15) is 22.8 Å². The molecule has 11 heteroatoms. The van der Waals surface area contributed by atoms with Gasteiger partial charge in [-0.2, -0.15) is 13.2 Å². The molecule has 3 rings (SSSR count). The third-order valence-electron chi connectivity index (χ3n) is 4.17. The number of nitrogens with zero attached hydrogens (tertiary/aromatic N) is 4. The molecule has 3 aromatic rings. The standard InChI is InChI=1S/C17H14F3N5O3/c1-8-24-13-4-12(17(18,19)20)9(3-11(13)14(26)25(8)2)5-21-16-22-6-10(7-23-16)15(27)28/h3-4,6-7H,5H2,1-2H3,(H,27,28)(H,21,22,23). The molecule has 2 N–H and O–H groups in total. The topological polar surface area (TPSA) is 110 Å². The van der Waals surface area contributed by atoms with Crippen LogP contribution in [0.15, 0.2) is 29.3 Å². The number of aromatic nitrogens is 4. The normalized spacial score (nSPS) is 11.6. The Balaban J connectivity index is 2.03. The Morgan fingerprint density at radius 1 is 1.25 bits per heavy atom. The van der Waals surface area contributed by atoms with E-state index in [0.29, 0.717) is 5.82 Å². The van der Waals surface area contributed by atoms with Gasteiger partial charge in [-0.25, -0.2) is 19.7 Å². The van der Waals surface area contributed by atoms with Gasteiger partial charge >= 0.3 is 12.1 Å². The number of carboxylic acid groups (broad SMARTS) is 1. The lowest BCUT2D eigenvalue weighted by molar-refractivity contribution is -0.138. The van der Waals surface area contributed by atoms with Crippen molar-refractivity contribution in [1.29, 1.82) is 0 Å². The second-order valence-corrected chi connectivity index (χ2v) is 6.00. The molecule has 146 valence electrons. The lowest BCUT2D eigenvalue weighted by atomic mass is 10.0. The molecule has 2 aromatic heterocycles. The number of alkyl halides is 3. The van der Waals surface area contributed by atoms with E-state index in [0.717, 1.165) is 24.5 Å². The smallest absolute Gasteiger partial charge is 0.416 e. The fraction of sp³-hybridized carbons (Fsp3) is 0.235. The van der Waals surface area contributed by atoms with Gasteiger partial charge in [0.05, 0.1) is 22.0 Å². The molecule has 0 aliphatic rings. The van der Waals surface area contributed by atoms with Gasteiger partial charge in [-0.1, -0.05) is 0 Å². The Kier molecular flexibility index (Phi) is 4.75. The van der Waals surface area contributed by atoms with Crippen molar-refractivity contribution >= 4 is 22.8 Å². The second-order valence-electron chi connectivity index (χ2n) is 6.00. The van der Waals surface area contributed by atoms with Crippen molar-refractivity contribution in [3.63, 3.8) is 0 Å². The third-order valence-corrected chi connectivity index (χ3v) is 4.17. The summed E-state index contributed by atoms with van der Waals surface area (Å²) in [5, 5.41) is 11.5. The van der Waals surface area contributed by atoms with E-state index in [-0.39, 0.29) is 34.5 Å². The first kappa shape index (κ1) is 19.3. The zero-order valence-corrected chi connectivity index (χ0v) is 14.7. The Labute approximate surface area is 155 Å². The van der Waals surface area contributed by atoms with Crippen molar-refractivity contribution in [2.75, 3.05) is 5.32 Å². The van der Waals surface area contributed by atoms with Gasteiger partial charge in [0.15, 0.2) is 0 Å². The van der Waals surface area contributed by atoms with Crippen LogP contribution in [0.5, 0.6) is 0 Å². The van der Waals surface area contributed by atoms with Crippen LogP contribution in [0.3, 0.4) is 0 Å². The molecule has 8 nitrogen and oxygen atoms in total. The lowest BCUT2D eigenvalue weighted by Gasteiger charge is -2.15. The predicted octanol–water partition coefficient (Wildman–Crippen LogP) is 2.36. The zero-order chi connectivity index (χ0) is 20.6. The number of hydrogen-bond donors (Lipinski definition) is 2. The number of benzene rings is 1. The SMILES string of the molecule is Cc1nc2cc(C(F)(F)F)c(CNc3ncc(C(=O)O)cn3)cc2c(=O)n1C. The molecule has 0 bridgehead atoms. The van der Waals surface area contributed by atoms with Crippen molar-refractivity contribution in [3.8, 4) is 0 Å². The fourth-order valence-corrected chi connectivity index (χ4v) is 2.59. The summed E-state index contributed by atoms with van der Waals surface area (Å²) in [5.41, 5.74) is -1.78. The largest absolute Gasteiger partial charge is 0.478 e. The van der Waals surface area contributed by atoms with Crippen LogP contribution >= 0.6 is 0 Å². The number of fused-ring (bicyclic) bond motifs is 1. The Morgan fingerprint density at radius 3 is 2.46 bits per heavy atom. The molecular formula is C17H14F3N5O3. The van der Waals surface area contributed by atoms with Gasteiger partial charge in [-0.15, -0.1) is 0 Å². The van der Waals surface area contributed by atoms with E-state index in [1.54, 1.807) is 0 Å². The second kappa shape index (κ2) is 6.91. The van der Waals surface area contributed by atoms with Crippen LogP contribution < -0.4 is 10.9 Å². The highest BCUT2D eigenvalue weighted by molar-refractivity contribution is 5.86. The van der Waals surface area contributed by atoms with Gasteiger partial charge in [0.25, 0.3) is 5.56 Å². The number of carboxylic acids is 1. The highest BCUT2D eigenvalue weighted by Gasteiger charge is 2.34. The highest BCUT2D eigenvalue weighted by atomic mass is 19.4. The summed E-state index contributed by atoms with van der Waals surface area (Å²) in [5.74, 6) is -0.976. The Hall–Kier alpha value is -3.50. The number of anilines is 1. The first-order chi connectivity index (χ1) is 13.1. The first-order valence-corrected chi connectivity index (χ1v) is 7.94. The van der Waals surface area contributed by atoms with Crippen molar-refractivity contribution in [2.24, 2.45) is 7.05 Å². The monoisotopic (exact) mass is 393 g/mol. The van der Waals surface area contributed by atoms with Crippen molar-refractivity contribution in [3.05, 3.63) is 57.4 Å². The minimum Gasteiger partial charge on any atom is -0.478 e. The quantitative estimate of drug-likeness (QED) is 0.700. The summed E-state index contributed by atoms with van der Waals surface area (Å²) in [7, 11) is 1.48. The van der Waals surface area contributed by atoms with Crippen LogP contribution in [0.4, 0.5) is 19.1 Å². The highest BCUT2D eigenvalue weighted by Crippen LogP contribution is 2.34. The average Bonchev–Trinajstić information content (AvgIpc) is 2.64. The van der Waals surface area contributed by atoms with Crippen molar-refractivity contribution in [1.82, 2.24) is 19.5 Å². The van der Waals surface area contributed by atoms with Crippen LogP contribution in [-0.2, 0) is 19.8 Å². The molecule has 0 aliphatic carbocycles. The van der Waals surface area contributed by atoms with Crippen LogP contribution in [0.1, 0.15) is 27.3 Å². The number of hydrogen-bond acceptors (Lipinski definition) is 6. The van der Waals surface area contributed by atoms with Gasteiger partial charge < -0.3 is 10.4 Å². The maximum atomic E-state index is 13.5. The predicted molar refractivity (Wildman–Crippen MR) is 93.0 cm³/mol. The van der Waals surface area contributed by atoms with Crippen LogP contribution in [0.25, 0.3) is 10.9 Å². The minimum atomic E-state index is -4.66. The van der Waals surface area contributed by atoms with E-state index in [2.05, 4.69) is 20.3 Å². The molecule has 0 aliphatic heterocycles. The number of nitrogens with one attached hydrogen (secondary N) is 1. The number of rotatable bonds is 4. The van der Waals surface area contributed by atoms with E-state index in [1.807, 2.05) is 0 Å². The van der Waals surface area contributed by atoms with E-state index < -0.39 is 23.3 Å². The maximum absolute atomic E-state index is 13.5. The van der Waals surface area contributed by atoms with Crippen molar-refractivity contribution in [2.45, 2.75) is 19.6 Å². The maximum Gasteiger partial charge on any atom is 0.416 e. The van der Waals surface area contributed by atoms with Gasteiger partial charge in [0.1, 0.15) is 5.82 Å². The molecular weight excluding hydrogens is 379 g/mol. The van der Waals surface area contributed by atoms with E-state index in [1.165, 1.54) is 18.5 Å². The summed E-state index contributed by atoms with van der Waals surface area (Å²) < 4.78 is 41.7. The van der Waals surface area contributed by atoms with Crippen molar-refractivity contribution < 1.29 is 23.1 Å². The Morgan fingerprint density at radius 2 is 1.89 bits per heavy atom.